The number of carbonyl (C=O) groups excluding carboxylic acids is 2. The number of phenols is 1. The maximum atomic E-state index is 12.3. The van der Waals surface area contributed by atoms with Gasteiger partial charge in [0.05, 0.1) is 6.04 Å². The molecule has 1 aromatic rings. The Morgan fingerprint density at radius 3 is 2.73 bits per heavy atom. The van der Waals surface area contributed by atoms with Gasteiger partial charge in [0.15, 0.2) is 0 Å². The molecule has 6 nitrogen and oxygen atoms in total. The molecule has 0 aliphatic carbocycles. The SMILES string of the molecule is CSCCOC(=O)C1C(C)=NC(=O)NC1c1ccc(O)cc1. The molecule has 0 spiro atoms. The van der Waals surface area contributed by atoms with Crippen molar-refractivity contribution < 1.29 is 19.4 Å². The molecule has 2 unspecified atom stereocenters. The van der Waals surface area contributed by atoms with Crippen molar-refractivity contribution in [1.82, 2.24) is 5.32 Å². The minimum atomic E-state index is -0.663. The van der Waals surface area contributed by atoms with Crippen LogP contribution in [0.4, 0.5) is 4.79 Å². The number of hydrogen-bond acceptors (Lipinski definition) is 5. The number of benzene rings is 1. The van der Waals surface area contributed by atoms with E-state index in [1.807, 2.05) is 6.26 Å². The van der Waals surface area contributed by atoms with Crippen LogP contribution in [0.1, 0.15) is 18.5 Å². The number of thioether (sulfide) groups is 1. The maximum Gasteiger partial charge on any atom is 0.341 e. The fraction of sp³-hybridized carbons (Fsp3) is 0.400. The molecule has 0 saturated heterocycles. The van der Waals surface area contributed by atoms with Gasteiger partial charge in [-0.15, -0.1) is 0 Å². The molecule has 2 rings (SSSR count). The second-order valence-corrected chi connectivity index (χ2v) is 5.90. The summed E-state index contributed by atoms with van der Waals surface area (Å²) in [5.74, 6) is -0.238. The van der Waals surface area contributed by atoms with E-state index in [2.05, 4.69) is 10.3 Å². The summed E-state index contributed by atoms with van der Waals surface area (Å²) in [4.78, 5) is 27.8. The van der Waals surface area contributed by atoms with E-state index in [1.54, 1.807) is 30.8 Å². The molecule has 1 heterocycles. The van der Waals surface area contributed by atoms with E-state index in [4.69, 9.17) is 4.74 Å². The summed E-state index contributed by atoms with van der Waals surface area (Å²) >= 11 is 1.59. The molecule has 0 fully saturated rings. The van der Waals surface area contributed by atoms with Gasteiger partial charge in [-0.3, -0.25) is 4.79 Å². The number of phenolic OH excluding ortho intramolecular Hbond substituents is 1. The van der Waals surface area contributed by atoms with Crippen molar-refractivity contribution in [3.63, 3.8) is 0 Å². The lowest BCUT2D eigenvalue weighted by atomic mass is 9.88. The second kappa shape index (κ2) is 7.31. The fourth-order valence-electron chi connectivity index (χ4n) is 2.30. The predicted octanol–water partition coefficient (Wildman–Crippen LogP) is 2.14. The average molecular weight is 322 g/mol. The van der Waals surface area contributed by atoms with Crippen LogP contribution < -0.4 is 5.32 Å². The van der Waals surface area contributed by atoms with Gasteiger partial charge >= 0.3 is 12.0 Å². The summed E-state index contributed by atoms with van der Waals surface area (Å²) < 4.78 is 5.26. The zero-order chi connectivity index (χ0) is 16.1. The first-order chi connectivity index (χ1) is 10.5. The summed E-state index contributed by atoms with van der Waals surface area (Å²) in [6, 6.07) is 5.33. The maximum absolute atomic E-state index is 12.3. The Hall–Kier alpha value is -2.02. The first-order valence-electron chi connectivity index (χ1n) is 6.83. The standard InChI is InChI=1S/C15H18N2O4S/c1-9-12(14(19)21-7-8-22-2)13(17-15(20)16-9)10-3-5-11(18)6-4-10/h3-6,12-13,18H,7-8H2,1-2H3,(H,17,20). The Kier molecular flexibility index (Phi) is 5.43. The average Bonchev–Trinajstić information content (AvgIpc) is 2.47. The molecule has 1 aromatic carbocycles. The van der Waals surface area contributed by atoms with E-state index >= 15 is 0 Å². The minimum Gasteiger partial charge on any atom is -0.508 e. The smallest absolute Gasteiger partial charge is 0.341 e. The Balaban J connectivity index is 2.24. The number of esters is 1. The number of nitrogens with zero attached hydrogens (tertiary/aromatic N) is 1. The summed E-state index contributed by atoms with van der Waals surface area (Å²) in [5, 5.41) is 12.1. The first-order valence-corrected chi connectivity index (χ1v) is 8.22. The van der Waals surface area contributed by atoms with Gasteiger partial charge in [-0.05, 0) is 30.9 Å². The number of aliphatic imine (C=N–C) groups is 1. The number of hydrogen-bond donors (Lipinski definition) is 2. The second-order valence-electron chi connectivity index (χ2n) is 4.91. The number of nitrogens with one attached hydrogen (secondary N) is 1. The van der Waals surface area contributed by atoms with Crippen LogP contribution in [0.3, 0.4) is 0 Å². The van der Waals surface area contributed by atoms with E-state index < -0.39 is 24.0 Å². The third-order valence-corrected chi connectivity index (χ3v) is 3.95. The molecule has 0 radical (unpaired) electrons. The lowest BCUT2D eigenvalue weighted by Gasteiger charge is -2.29. The number of ether oxygens (including phenoxy) is 1. The van der Waals surface area contributed by atoms with E-state index in [0.717, 1.165) is 0 Å². The number of urea groups is 1. The molecular formula is C15H18N2O4S. The van der Waals surface area contributed by atoms with Crippen molar-refractivity contribution >= 4 is 29.5 Å². The highest BCUT2D eigenvalue weighted by Gasteiger charge is 2.37. The largest absolute Gasteiger partial charge is 0.508 e. The molecule has 22 heavy (non-hydrogen) atoms. The number of carbonyl (C=O) groups is 2. The van der Waals surface area contributed by atoms with Gasteiger partial charge in [0, 0.05) is 11.5 Å². The van der Waals surface area contributed by atoms with E-state index in [9.17, 15) is 14.7 Å². The van der Waals surface area contributed by atoms with Gasteiger partial charge in [0.25, 0.3) is 0 Å². The Morgan fingerprint density at radius 2 is 2.09 bits per heavy atom. The molecule has 0 saturated carbocycles. The summed E-state index contributed by atoms with van der Waals surface area (Å²) in [6.45, 7) is 1.96. The molecular weight excluding hydrogens is 304 g/mol. The van der Waals surface area contributed by atoms with Crippen LogP contribution in [-0.2, 0) is 9.53 Å². The molecule has 1 aliphatic heterocycles. The molecule has 2 atom stereocenters. The van der Waals surface area contributed by atoms with Crippen LogP contribution >= 0.6 is 11.8 Å². The van der Waals surface area contributed by atoms with Gasteiger partial charge in [0.1, 0.15) is 18.3 Å². The topological polar surface area (TPSA) is 88.0 Å². The summed E-state index contributed by atoms with van der Waals surface area (Å²) in [6.07, 6.45) is 1.93. The predicted molar refractivity (Wildman–Crippen MR) is 85.3 cm³/mol. The minimum absolute atomic E-state index is 0.121. The van der Waals surface area contributed by atoms with Crippen LogP contribution in [0.5, 0.6) is 5.75 Å². The normalized spacial score (nSPS) is 21.0. The van der Waals surface area contributed by atoms with E-state index in [1.165, 1.54) is 12.1 Å². The Bertz CT molecular complexity index is 586. The van der Waals surface area contributed by atoms with Crippen molar-refractivity contribution in [3.8, 4) is 5.75 Å². The summed E-state index contributed by atoms with van der Waals surface area (Å²) in [7, 11) is 0. The Morgan fingerprint density at radius 1 is 1.41 bits per heavy atom. The fourth-order valence-corrected chi connectivity index (χ4v) is 2.55. The zero-order valence-corrected chi connectivity index (χ0v) is 13.2. The van der Waals surface area contributed by atoms with Crippen LogP contribution in [0.15, 0.2) is 29.3 Å². The zero-order valence-electron chi connectivity index (χ0n) is 12.4. The van der Waals surface area contributed by atoms with E-state index in [-0.39, 0.29) is 5.75 Å². The quantitative estimate of drug-likeness (QED) is 0.640. The van der Waals surface area contributed by atoms with Crippen molar-refractivity contribution in [3.05, 3.63) is 29.8 Å². The lowest BCUT2D eigenvalue weighted by Crippen LogP contribution is -2.44. The van der Waals surface area contributed by atoms with Crippen LogP contribution in [0.2, 0.25) is 0 Å². The van der Waals surface area contributed by atoms with Crippen LogP contribution in [0, 0.1) is 5.92 Å². The molecule has 7 heteroatoms. The number of amides is 2. The summed E-state index contributed by atoms with van der Waals surface area (Å²) in [5.41, 5.74) is 1.14. The lowest BCUT2D eigenvalue weighted by molar-refractivity contribution is -0.146. The molecule has 2 amide bonds. The highest BCUT2D eigenvalue weighted by molar-refractivity contribution is 7.98. The molecule has 0 bridgehead atoms. The molecule has 118 valence electrons. The third kappa shape index (κ3) is 3.79. The van der Waals surface area contributed by atoms with Gasteiger partial charge in [-0.25, -0.2) is 9.79 Å². The van der Waals surface area contributed by atoms with Crippen molar-refractivity contribution in [1.29, 1.82) is 0 Å². The van der Waals surface area contributed by atoms with Crippen LogP contribution in [0.25, 0.3) is 0 Å². The monoisotopic (exact) mass is 322 g/mol. The number of aromatic hydroxyl groups is 1. The van der Waals surface area contributed by atoms with Crippen LogP contribution in [-0.4, -0.2) is 41.4 Å². The van der Waals surface area contributed by atoms with E-state index in [0.29, 0.717) is 23.6 Å². The highest BCUT2D eigenvalue weighted by atomic mass is 32.2. The molecule has 0 aromatic heterocycles. The Labute approximate surface area is 133 Å². The van der Waals surface area contributed by atoms with Crippen molar-refractivity contribution in [2.75, 3.05) is 18.6 Å². The third-order valence-electron chi connectivity index (χ3n) is 3.38. The van der Waals surface area contributed by atoms with Gasteiger partial charge < -0.3 is 15.2 Å². The van der Waals surface area contributed by atoms with Crippen molar-refractivity contribution in [2.24, 2.45) is 10.9 Å². The van der Waals surface area contributed by atoms with Gasteiger partial charge in [-0.1, -0.05) is 12.1 Å². The number of rotatable bonds is 5. The van der Waals surface area contributed by atoms with Crippen molar-refractivity contribution in [2.45, 2.75) is 13.0 Å². The highest BCUT2D eigenvalue weighted by Crippen LogP contribution is 2.29. The first kappa shape index (κ1) is 16.4. The van der Waals surface area contributed by atoms with Gasteiger partial charge in [0.2, 0.25) is 0 Å². The molecule has 2 N–H and O–H groups in total. The molecule has 1 aliphatic rings. The van der Waals surface area contributed by atoms with Gasteiger partial charge in [-0.2, -0.15) is 11.8 Å².